The Kier molecular flexibility index (Phi) is 21.2. The van der Waals surface area contributed by atoms with Crippen LogP contribution in [0, 0.1) is 0 Å². The van der Waals surface area contributed by atoms with E-state index in [0.717, 1.165) is 0 Å². The van der Waals surface area contributed by atoms with Crippen LogP contribution in [0.2, 0.25) is 220 Å². The first-order chi connectivity index (χ1) is 31.3. The van der Waals surface area contributed by atoms with Crippen LogP contribution in [0.15, 0.2) is 11.1 Å². The minimum absolute atomic E-state index is 0.00958. The first-order valence-electron chi connectivity index (χ1n) is 26.5. The van der Waals surface area contributed by atoms with Crippen LogP contribution in [-0.4, -0.2) is 147 Å². The van der Waals surface area contributed by atoms with Crippen molar-refractivity contribution >= 4 is 125 Å². The van der Waals surface area contributed by atoms with Gasteiger partial charge in [0.2, 0.25) is 0 Å². The van der Waals surface area contributed by atoms with Crippen molar-refractivity contribution in [2.24, 2.45) is 0 Å². The molecule has 4 unspecified atom stereocenters. The van der Waals surface area contributed by atoms with Crippen molar-refractivity contribution in [3.63, 3.8) is 0 Å². The molecule has 0 amide bonds. The number of carboxylic acids is 2. The van der Waals surface area contributed by atoms with Gasteiger partial charge in [-0.15, -0.1) is 0 Å². The number of hydrogen-bond donors (Lipinski definition) is 2. The number of rotatable bonds is 24. The molecule has 2 aliphatic heterocycles. The average molecular weight is 1250 g/mol. The summed E-state index contributed by atoms with van der Waals surface area (Å²) in [7, 11) is -40.9. The molecule has 0 aromatic carbocycles. The molecule has 424 valence electrons. The van der Waals surface area contributed by atoms with Gasteiger partial charge in [-0.3, -0.25) is 0 Å². The second-order valence-electron chi connectivity index (χ2n) is 30.2. The predicted molar refractivity (Wildman–Crippen MR) is 333 cm³/mol. The quantitative estimate of drug-likeness (QED) is 0.0532. The van der Waals surface area contributed by atoms with Crippen molar-refractivity contribution in [2.75, 3.05) is 0 Å². The van der Waals surface area contributed by atoms with Gasteiger partial charge in [-0.05, 0) is 168 Å². The Morgan fingerprint density at radius 1 is 0.417 bits per heavy atom. The van der Waals surface area contributed by atoms with E-state index in [1.807, 2.05) is 13.8 Å². The van der Waals surface area contributed by atoms with Crippen LogP contribution in [0.3, 0.4) is 0 Å². The molecule has 0 saturated carbocycles. The molecule has 0 aromatic rings. The molecule has 0 aliphatic carbocycles. The normalized spacial score (nSPS) is 26.1. The molecule has 4 atom stereocenters. The molecule has 0 aromatic heterocycles. The molecule has 2 rings (SSSR count). The van der Waals surface area contributed by atoms with E-state index in [4.69, 9.17) is 43.0 Å². The fourth-order valence-corrected chi connectivity index (χ4v) is 109. The van der Waals surface area contributed by atoms with Gasteiger partial charge in [0.15, 0.2) is 66.5 Å². The monoisotopic (exact) mass is 1250 g/mol. The van der Waals surface area contributed by atoms with E-state index in [-0.39, 0.29) is 11.1 Å². The average Bonchev–Trinajstić information content (AvgIpc) is 3.01. The van der Waals surface area contributed by atoms with Crippen LogP contribution in [0.4, 0.5) is 0 Å². The number of carbonyl (C=O) groups is 2. The summed E-state index contributed by atoms with van der Waals surface area (Å²) >= 11 is 0. The van der Waals surface area contributed by atoms with Crippen molar-refractivity contribution < 1.29 is 62.8 Å². The summed E-state index contributed by atoms with van der Waals surface area (Å²) in [6, 6.07) is 0.630. The highest BCUT2D eigenvalue weighted by Crippen LogP contribution is 2.60. The maximum absolute atomic E-state index is 15.0. The molecule has 72 heavy (non-hydrogen) atoms. The van der Waals surface area contributed by atoms with Crippen LogP contribution in [0.25, 0.3) is 0 Å². The maximum Gasteiger partial charge on any atom is 0.450 e. The highest BCUT2D eigenvalue weighted by molar-refractivity contribution is 7.68. The standard InChI is InChI=1S/C44H108O14Si14/c1-33-37(69(31)35-43(49-59(3,4)5,50-60(6,7)8)53-71(67(69,27)28,55-63(15,16)17)56-64(18,19)20)39(41(45)46)40(42(47)48)38(34-2)70(32)36-44(51-61(9,10)11,52-62(12,13)14)54-72(68(70,29)30,57-65(21,22)23)58-66(24,25)26/h37-38H,33-36H2,1-32H3,(H,45,46)(H,47,48). The van der Waals surface area contributed by atoms with Crippen LogP contribution in [-0.2, 0) is 52.6 Å². The topological polar surface area (TPSA) is 167 Å². The summed E-state index contributed by atoms with van der Waals surface area (Å²) in [5.74, 6) is -5.58. The summed E-state index contributed by atoms with van der Waals surface area (Å²) in [6.07, 6.45) is 0.766. The number of carboxylic acid groups (broad SMARTS) is 2. The highest BCUT2D eigenvalue weighted by atomic mass is 29.7. The molecular formula is C44H108O14Si14. The minimum atomic E-state index is -3.90. The van der Waals surface area contributed by atoms with E-state index in [9.17, 15) is 19.8 Å². The van der Waals surface area contributed by atoms with Gasteiger partial charge in [0.25, 0.3) is 11.9 Å². The zero-order valence-corrected chi connectivity index (χ0v) is 65.8. The lowest BCUT2D eigenvalue weighted by Crippen LogP contribution is -2.88. The number of aliphatic carboxylic acids is 2. The van der Waals surface area contributed by atoms with Crippen molar-refractivity contribution in [3.05, 3.63) is 11.1 Å². The van der Waals surface area contributed by atoms with E-state index < -0.39 is 148 Å². The Bertz CT molecular complexity index is 1770. The third kappa shape index (κ3) is 16.7. The number of hydrogen-bond acceptors (Lipinski definition) is 12. The Balaban J connectivity index is 3.62. The van der Waals surface area contributed by atoms with Gasteiger partial charge in [0, 0.05) is 23.2 Å². The van der Waals surface area contributed by atoms with E-state index in [0.29, 0.717) is 24.9 Å². The Labute approximate surface area is 453 Å². The van der Waals surface area contributed by atoms with Gasteiger partial charge >= 0.3 is 28.6 Å². The summed E-state index contributed by atoms with van der Waals surface area (Å²) in [5, 5.41) is 24.4. The SMILES string of the molecule is CCC(C(C(=O)O)=C(C(=O)O)C(CC)[Si]1(C)CC(O[Si](C)(C)C)(O[Si](C)(C)C)O[Si](O[Si](C)(C)C)(O[Si](C)(C)C)[Si]1(C)C)[Si]1(C)CC(O[Si](C)(C)C)(O[Si](C)(C)C)O[Si](O[Si](C)(C)C)(O[Si](C)(C)C)[Si]1(C)C. The molecule has 0 spiro atoms. The minimum Gasteiger partial charge on any atom is -0.478 e. The first-order valence-corrected chi connectivity index (χ1v) is 72.8. The lowest BCUT2D eigenvalue weighted by atomic mass is 9.98. The molecule has 14 nitrogen and oxygen atoms in total. The van der Waals surface area contributed by atoms with Crippen molar-refractivity contribution in [2.45, 2.75) is 258 Å². The van der Waals surface area contributed by atoms with Gasteiger partial charge in [-0.2, -0.15) is 0 Å². The van der Waals surface area contributed by atoms with E-state index >= 15 is 0 Å². The molecule has 0 radical (unpaired) electrons. The third-order valence-corrected chi connectivity index (χ3v) is 97.6. The fourth-order valence-electron chi connectivity index (χ4n) is 11.1. The van der Waals surface area contributed by atoms with Crippen LogP contribution < -0.4 is 0 Å². The third-order valence-electron chi connectivity index (χ3n) is 13.5. The molecule has 2 N–H and O–H groups in total. The lowest BCUT2D eigenvalue weighted by molar-refractivity contribution is -0.268. The van der Waals surface area contributed by atoms with Gasteiger partial charge in [0.05, 0.1) is 15.2 Å². The van der Waals surface area contributed by atoms with Crippen molar-refractivity contribution in [1.29, 1.82) is 0 Å². The van der Waals surface area contributed by atoms with E-state index in [1.54, 1.807) is 0 Å². The van der Waals surface area contributed by atoms with Crippen LogP contribution in [0.5, 0.6) is 0 Å². The molecule has 2 heterocycles. The summed E-state index contributed by atoms with van der Waals surface area (Å²) in [5.41, 5.74) is -1.38. The lowest BCUT2D eigenvalue weighted by Gasteiger charge is -2.64. The Morgan fingerprint density at radius 3 is 0.750 bits per heavy atom. The van der Waals surface area contributed by atoms with Gasteiger partial charge in [0.1, 0.15) is 14.2 Å². The molecule has 0 bridgehead atoms. The highest BCUT2D eigenvalue weighted by Gasteiger charge is 2.80. The summed E-state index contributed by atoms with van der Waals surface area (Å²) < 4.78 is 75.2. The second-order valence-corrected chi connectivity index (χ2v) is 114. The van der Waals surface area contributed by atoms with Gasteiger partial charge in [-0.25, -0.2) is 9.59 Å². The van der Waals surface area contributed by atoms with E-state index in [1.165, 1.54) is 0 Å². The van der Waals surface area contributed by atoms with Gasteiger partial charge < -0.3 is 53.2 Å². The second kappa shape index (κ2) is 22.0. The van der Waals surface area contributed by atoms with Crippen LogP contribution >= 0.6 is 0 Å². The summed E-state index contributed by atoms with van der Waals surface area (Å²) in [6.45, 7) is 69.4. The zero-order chi connectivity index (χ0) is 57.4. The molecule has 2 saturated heterocycles. The zero-order valence-electron chi connectivity index (χ0n) is 51.8. The maximum atomic E-state index is 15.0. The van der Waals surface area contributed by atoms with E-state index in [2.05, 4.69) is 196 Å². The molecule has 28 heteroatoms. The van der Waals surface area contributed by atoms with Crippen LogP contribution in [0.1, 0.15) is 26.7 Å². The smallest absolute Gasteiger partial charge is 0.450 e. The largest absolute Gasteiger partial charge is 0.478 e. The first kappa shape index (κ1) is 69.4. The summed E-state index contributed by atoms with van der Waals surface area (Å²) in [4.78, 5) is 30.0. The van der Waals surface area contributed by atoms with Crippen molar-refractivity contribution in [1.82, 2.24) is 0 Å². The molecular weight excluding hydrogens is 1150 g/mol. The fraction of sp³-hybridized carbons (Fsp3) is 0.909. The Hall–Kier alpha value is 1.32. The molecule has 2 aliphatic rings. The van der Waals surface area contributed by atoms with Crippen molar-refractivity contribution in [3.8, 4) is 0 Å². The Morgan fingerprint density at radius 2 is 0.611 bits per heavy atom. The predicted octanol–water partition coefficient (Wildman–Crippen LogP) is 14.0. The molecule has 2 fully saturated rings. The van der Waals surface area contributed by atoms with Gasteiger partial charge in [-0.1, -0.05) is 66.0 Å².